The molecule has 0 unspecified atom stereocenters. The highest BCUT2D eigenvalue weighted by atomic mass is 32.1. The molecular formula is C18H19N3O4S. The molecule has 2 heterocycles. The number of benzene rings is 1. The van der Waals surface area contributed by atoms with E-state index in [0.29, 0.717) is 36.2 Å². The molecule has 2 aromatic heterocycles. The Morgan fingerprint density at radius 1 is 1.23 bits per heavy atom. The van der Waals surface area contributed by atoms with Crippen molar-refractivity contribution in [3.63, 3.8) is 0 Å². The molecule has 0 aliphatic carbocycles. The van der Waals surface area contributed by atoms with Gasteiger partial charge in [-0.05, 0) is 29.1 Å². The molecule has 1 N–H and O–H groups in total. The Morgan fingerprint density at radius 3 is 2.81 bits per heavy atom. The van der Waals surface area contributed by atoms with Gasteiger partial charge >= 0.3 is 0 Å². The number of hydrogen-bond donors (Lipinski definition) is 1. The molecule has 26 heavy (non-hydrogen) atoms. The third kappa shape index (κ3) is 4.40. The Morgan fingerprint density at radius 2 is 2.08 bits per heavy atom. The lowest BCUT2D eigenvalue weighted by Gasteiger charge is -2.10. The van der Waals surface area contributed by atoms with E-state index in [2.05, 4.69) is 15.5 Å². The number of nitrogens with zero attached hydrogens (tertiary/aromatic N) is 2. The van der Waals surface area contributed by atoms with Gasteiger partial charge in [0.25, 0.3) is 0 Å². The first kappa shape index (κ1) is 17.9. The van der Waals surface area contributed by atoms with Crippen molar-refractivity contribution in [3.8, 4) is 22.2 Å². The van der Waals surface area contributed by atoms with Crippen LogP contribution < -0.4 is 14.8 Å². The minimum atomic E-state index is -0.0874. The Hall–Kier alpha value is -2.87. The van der Waals surface area contributed by atoms with E-state index < -0.39 is 0 Å². The molecule has 0 fully saturated rings. The van der Waals surface area contributed by atoms with Crippen LogP contribution in [-0.4, -0.2) is 30.3 Å². The largest absolute Gasteiger partial charge is 0.493 e. The number of methoxy groups -OCH3 is 2. The maximum absolute atomic E-state index is 12.0. The fraction of sp³-hybridized carbons (Fsp3) is 0.278. The average Bonchev–Trinajstić information content (AvgIpc) is 3.35. The second-order valence-corrected chi connectivity index (χ2v) is 6.40. The van der Waals surface area contributed by atoms with Crippen molar-refractivity contribution in [3.05, 3.63) is 47.2 Å². The number of rotatable bonds is 8. The normalized spacial score (nSPS) is 10.5. The molecule has 0 aliphatic heterocycles. The molecule has 3 aromatic rings. The lowest BCUT2D eigenvalue weighted by molar-refractivity contribution is -0.121. The number of thiophene rings is 1. The Labute approximate surface area is 154 Å². The number of amides is 1. The molecule has 1 aromatic carbocycles. The zero-order valence-electron chi connectivity index (χ0n) is 14.5. The van der Waals surface area contributed by atoms with E-state index in [9.17, 15) is 4.79 Å². The van der Waals surface area contributed by atoms with Crippen LogP contribution in [0.15, 0.2) is 40.2 Å². The van der Waals surface area contributed by atoms with Crippen molar-refractivity contribution >= 4 is 17.2 Å². The lowest BCUT2D eigenvalue weighted by Crippen LogP contribution is -2.23. The number of carbonyl (C=O) groups is 1. The van der Waals surface area contributed by atoms with Crippen molar-refractivity contribution in [1.29, 1.82) is 0 Å². The van der Waals surface area contributed by atoms with Gasteiger partial charge in [0.2, 0.25) is 17.6 Å². The first-order valence-corrected chi connectivity index (χ1v) is 8.91. The fourth-order valence-corrected chi connectivity index (χ4v) is 3.01. The second-order valence-electron chi connectivity index (χ2n) is 5.46. The van der Waals surface area contributed by atoms with Crippen molar-refractivity contribution in [2.75, 3.05) is 14.2 Å². The molecule has 7 nitrogen and oxygen atoms in total. The minimum Gasteiger partial charge on any atom is -0.493 e. The first-order chi connectivity index (χ1) is 12.7. The monoisotopic (exact) mass is 373 g/mol. The predicted octanol–water partition coefficient (Wildman–Crippen LogP) is 3.06. The zero-order valence-corrected chi connectivity index (χ0v) is 15.3. The predicted molar refractivity (Wildman–Crippen MR) is 97.3 cm³/mol. The second kappa shape index (κ2) is 8.48. The first-order valence-electron chi connectivity index (χ1n) is 8.03. The number of carbonyl (C=O) groups excluding carboxylic acids is 1. The van der Waals surface area contributed by atoms with Gasteiger partial charge in [-0.25, -0.2) is 0 Å². The van der Waals surface area contributed by atoms with Gasteiger partial charge in [0, 0.05) is 19.4 Å². The number of aryl methyl sites for hydroxylation is 1. The van der Waals surface area contributed by atoms with Crippen molar-refractivity contribution < 1.29 is 18.8 Å². The Bertz CT molecular complexity index is 861. The van der Waals surface area contributed by atoms with Crippen molar-refractivity contribution in [2.24, 2.45) is 0 Å². The average molecular weight is 373 g/mol. The van der Waals surface area contributed by atoms with E-state index in [4.69, 9.17) is 14.0 Å². The van der Waals surface area contributed by atoms with Crippen LogP contribution in [0.3, 0.4) is 0 Å². The molecule has 0 atom stereocenters. The summed E-state index contributed by atoms with van der Waals surface area (Å²) in [5.74, 6) is 2.21. The molecule has 0 bridgehead atoms. The molecule has 0 radical (unpaired) electrons. The van der Waals surface area contributed by atoms with E-state index in [1.54, 1.807) is 25.6 Å². The van der Waals surface area contributed by atoms with Crippen LogP contribution in [0.25, 0.3) is 10.7 Å². The van der Waals surface area contributed by atoms with Gasteiger partial charge in [-0.2, -0.15) is 4.98 Å². The van der Waals surface area contributed by atoms with Gasteiger partial charge in [0.1, 0.15) is 0 Å². The number of nitrogens with one attached hydrogen (secondary N) is 1. The summed E-state index contributed by atoms with van der Waals surface area (Å²) in [6.45, 7) is 0.406. The Balaban J connectivity index is 1.49. The standard InChI is InChI=1S/C18H19N3O4S/c1-23-13-6-5-12(10-14(13)24-2)11-19-16(22)7-8-17-20-18(21-25-17)15-4-3-9-26-15/h3-6,9-10H,7-8,11H2,1-2H3,(H,19,22). The van der Waals surface area contributed by atoms with Gasteiger partial charge in [-0.15, -0.1) is 11.3 Å². The van der Waals surface area contributed by atoms with Crippen LogP contribution in [0.5, 0.6) is 11.5 Å². The molecule has 1 amide bonds. The van der Waals surface area contributed by atoms with Crippen LogP contribution in [0.2, 0.25) is 0 Å². The number of aromatic nitrogens is 2. The van der Waals surface area contributed by atoms with Gasteiger partial charge in [0.05, 0.1) is 19.1 Å². The molecule has 3 rings (SSSR count). The number of ether oxygens (including phenoxy) is 2. The summed E-state index contributed by atoms with van der Waals surface area (Å²) in [6.07, 6.45) is 0.676. The highest BCUT2D eigenvalue weighted by Crippen LogP contribution is 2.27. The summed E-state index contributed by atoms with van der Waals surface area (Å²) in [5, 5.41) is 8.75. The van der Waals surface area contributed by atoms with Crippen molar-refractivity contribution in [2.45, 2.75) is 19.4 Å². The summed E-state index contributed by atoms with van der Waals surface area (Å²) in [7, 11) is 3.16. The molecular weight excluding hydrogens is 354 g/mol. The molecule has 0 saturated carbocycles. The van der Waals surface area contributed by atoms with E-state index in [1.165, 1.54) is 0 Å². The van der Waals surface area contributed by atoms with Gasteiger partial charge < -0.3 is 19.3 Å². The van der Waals surface area contributed by atoms with Crippen LogP contribution >= 0.6 is 11.3 Å². The molecule has 8 heteroatoms. The van der Waals surface area contributed by atoms with Crippen LogP contribution in [0.1, 0.15) is 17.9 Å². The molecule has 0 aliphatic rings. The zero-order chi connectivity index (χ0) is 18.4. The van der Waals surface area contributed by atoms with E-state index >= 15 is 0 Å². The highest BCUT2D eigenvalue weighted by molar-refractivity contribution is 7.13. The summed E-state index contributed by atoms with van der Waals surface area (Å²) in [6, 6.07) is 9.38. The fourth-order valence-electron chi connectivity index (χ4n) is 2.36. The SMILES string of the molecule is COc1ccc(CNC(=O)CCc2nc(-c3cccs3)no2)cc1OC. The van der Waals surface area contributed by atoms with E-state index in [1.807, 2.05) is 35.7 Å². The quantitative estimate of drug-likeness (QED) is 0.653. The molecule has 0 saturated heterocycles. The highest BCUT2D eigenvalue weighted by Gasteiger charge is 2.11. The summed E-state index contributed by atoms with van der Waals surface area (Å²) >= 11 is 1.54. The van der Waals surface area contributed by atoms with Gasteiger partial charge in [-0.3, -0.25) is 4.79 Å². The van der Waals surface area contributed by atoms with Crippen LogP contribution in [0, 0.1) is 0 Å². The molecule has 136 valence electrons. The molecule has 0 spiro atoms. The van der Waals surface area contributed by atoms with Crippen LogP contribution in [-0.2, 0) is 17.8 Å². The minimum absolute atomic E-state index is 0.0874. The van der Waals surface area contributed by atoms with Gasteiger partial charge in [-0.1, -0.05) is 17.3 Å². The topological polar surface area (TPSA) is 86.5 Å². The third-order valence-electron chi connectivity index (χ3n) is 3.71. The van der Waals surface area contributed by atoms with Gasteiger partial charge in [0.15, 0.2) is 11.5 Å². The van der Waals surface area contributed by atoms with E-state index in [-0.39, 0.29) is 12.3 Å². The van der Waals surface area contributed by atoms with Crippen molar-refractivity contribution in [1.82, 2.24) is 15.5 Å². The maximum Gasteiger partial charge on any atom is 0.227 e. The number of hydrogen-bond acceptors (Lipinski definition) is 7. The Kier molecular flexibility index (Phi) is 5.85. The smallest absolute Gasteiger partial charge is 0.227 e. The summed E-state index contributed by atoms with van der Waals surface area (Å²) < 4.78 is 15.6. The van der Waals surface area contributed by atoms with E-state index in [0.717, 1.165) is 10.4 Å². The maximum atomic E-state index is 12.0. The summed E-state index contributed by atoms with van der Waals surface area (Å²) in [4.78, 5) is 17.3. The van der Waals surface area contributed by atoms with Crippen LogP contribution in [0.4, 0.5) is 0 Å². The summed E-state index contributed by atoms with van der Waals surface area (Å²) in [5.41, 5.74) is 0.925. The third-order valence-corrected chi connectivity index (χ3v) is 4.58. The lowest BCUT2D eigenvalue weighted by atomic mass is 10.2.